The quantitative estimate of drug-likeness (QED) is 0.847. The average molecular weight is 382 g/mol. The maximum Gasteiger partial charge on any atom is 0.257 e. The first-order valence-corrected chi connectivity index (χ1v) is 9.76. The number of amides is 1. The van der Waals surface area contributed by atoms with Gasteiger partial charge in [0, 0.05) is 32.2 Å². The Labute approximate surface area is 165 Å². The van der Waals surface area contributed by atoms with Crippen LogP contribution in [0.4, 0.5) is 0 Å². The Kier molecular flexibility index (Phi) is 5.24. The maximum atomic E-state index is 12.9. The first-order chi connectivity index (χ1) is 13.5. The van der Waals surface area contributed by atoms with E-state index in [2.05, 4.69) is 23.1 Å². The summed E-state index contributed by atoms with van der Waals surface area (Å²) in [6, 6.07) is 12.9. The zero-order valence-electron chi connectivity index (χ0n) is 16.0. The summed E-state index contributed by atoms with van der Waals surface area (Å²) in [4.78, 5) is 16.8. The van der Waals surface area contributed by atoms with Crippen molar-refractivity contribution in [3.63, 3.8) is 0 Å². The number of nitrogens with zero attached hydrogens (tertiary/aromatic N) is 2. The van der Waals surface area contributed by atoms with Crippen molar-refractivity contribution >= 4 is 5.91 Å². The van der Waals surface area contributed by atoms with Crippen molar-refractivity contribution in [2.75, 3.05) is 26.2 Å². The molecule has 2 aliphatic rings. The molecule has 2 heterocycles. The lowest BCUT2D eigenvalue weighted by molar-refractivity contribution is 0.0454. The van der Waals surface area contributed by atoms with E-state index in [0.29, 0.717) is 24.4 Å². The second-order valence-electron chi connectivity index (χ2n) is 7.73. The summed E-state index contributed by atoms with van der Waals surface area (Å²) in [7, 11) is 0. The van der Waals surface area contributed by atoms with E-state index in [0.717, 1.165) is 19.5 Å². The Morgan fingerprint density at radius 1 is 1.18 bits per heavy atom. The van der Waals surface area contributed by atoms with Crippen LogP contribution in [0.25, 0.3) is 0 Å². The number of carbonyl (C=O) groups is 1. The molecular formula is C22H26N2O4. The summed E-state index contributed by atoms with van der Waals surface area (Å²) in [5.41, 5.74) is 3.10. The number of ether oxygens (including phenoxy) is 1. The third kappa shape index (κ3) is 3.98. The number of hydrogen-bond acceptors (Lipinski definition) is 5. The Balaban J connectivity index is 1.42. The molecule has 0 saturated carbocycles. The standard InChI is InChI=1S/C22H26N2O4/c1-15-11-24(22(27)20-7-6-18(25)10-21(20)28-15)14-19(26)13-23-9-8-16-4-2-3-5-17(16)12-23/h2-7,10,15,19,25-26H,8-9,11-14H2,1H3. The maximum absolute atomic E-state index is 12.9. The molecule has 28 heavy (non-hydrogen) atoms. The molecule has 2 aromatic carbocycles. The van der Waals surface area contributed by atoms with Gasteiger partial charge >= 0.3 is 0 Å². The fourth-order valence-electron chi connectivity index (χ4n) is 4.08. The Morgan fingerprint density at radius 2 is 1.96 bits per heavy atom. The lowest BCUT2D eigenvalue weighted by Crippen LogP contribution is -2.45. The van der Waals surface area contributed by atoms with Gasteiger partial charge in [0.1, 0.15) is 17.6 Å². The molecule has 0 saturated heterocycles. The van der Waals surface area contributed by atoms with E-state index in [1.54, 1.807) is 11.0 Å². The number of hydrogen-bond donors (Lipinski definition) is 2. The van der Waals surface area contributed by atoms with E-state index < -0.39 is 6.10 Å². The normalized spacial score (nSPS) is 20.7. The third-order valence-electron chi connectivity index (χ3n) is 5.40. The molecule has 2 N–H and O–H groups in total. The predicted octanol–water partition coefficient (Wildman–Crippen LogP) is 2.03. The largest absolute Gasteiger partial charge is 0.508 e. The van der Waals surface area contributed by atoms with Gasteiger partial charge in [-0.25, -0.2) is 0 Å². The van der Waals surface area contributed by atoms with Gasteiger partial charge in [-0.05, 0) is 36.6 Å². The van der Waals surface area contributed by atoms with E-state index >= 15 is 0 Å². The van der Waals surface area contributed by atoms with Gasteiger partial charge in [-0.3, -0.25) is 9.69 Å². The van der Waals surface area contributed by atoms with Gasteiger partial charge in [-0.1, -0.05) is 24.3 Å². The van der Waals surface area contributed by atoms with Crippen LogP contribution in [0.5, 0.6) is 11.5 Å². The minimum Gasteiger partial charge on any atom is -0.508 e. The van der Waals surface area contributed by atoms with Crippen molar-refractivity contribution in [1.29, 1.82) is 0 Å². The van der Waals surface area contributed by atoms with Crippen LogP contribution >= 0.6 is 0 Å². The summed E-state index contributed by atoms with van der Waals surface area (Å²) in [5, 5.41) is 20.3. The van der Waals surface area contributed by atoms with Crippen LogP contribution in [0.1, 0.15) is 28.4 Å². The molecule has 0 bridgehead atoms. The zero-order chi connectivity index (χ0) is 19.7. The van der Waals surface area contributed by atoms with Gasteiger partial charge in [-0.15, -0.1) is 0 Å². The SMILES string of the molecule is CC1CN(CC(O)CN2CCc3ccccc3C2)C(=O)c2ccc(O)cc2O1. The molecule has 1 amide bonds. The molecule has 2 aliphatic heterocycles. The topological polar surface area (TPSA) is 73.2 Å². The molecule has 2 aromatic rings. The molecule has 2 unspecified atom stereocenters. The molecule has 0 aliphatic carbocycles. The summed E-state index contributed by atoms with van der Waals surface area (Å²) in [5.74, 6) is 0.280. The number of phenols is 1. The predicted molar refractivity (Wildman–Crippen MR) is 106 cm³/mol. The molecule has 0 fully saturated rings. The first-order valence-electron chi connectivity index (χ1n) is 9.76. The first kappa shape index (κ1) is 18.8. The van der Waals surface area contributed by atoms with Gasteiger partial charge in [-0.2, -0.15) is 0 Å². The number of carbonyl (C=O) groups excluding carboxylic acids is 1. The van der Waals surface area contributed by atoms with Gasteiger partial charge in [0.25, 0.3) is 5.91 Å². The molecular weight excluding hydrogens is 356 g/mol. The van der Waals surface area contributed by atoms with E-state index in [4.69, 9.17) is 4.74 Å². The molecule has 0 radical (unpaired) electrons. The van der Waals surface area contributed by atoms with Crippen LogP contribution in [-0.2, 0) is 13.0 Å². The van der Waals surface area contributed by atoms with Crippen LogP contribution in [0.2, 0.25) is 0 Å². The number of benzene rings is 2. The Hall–Kier alpha value is -2.57. The average Bonchev–Trinajstić information content (AvgIpc) is 2.77. The van der Waals surface area contributed by atoms with E-state index in [9.17, 15) is 15.0 Å². The van der Waals surface area contributed by atoms with Crippen LogP contribution in [-0.4, -0.2) is 64.3 Å². The van der Waals surface area contributed by atoms with Gasteiger partial charge in [0.2, 0.25) is 0 Å². The van der Waals surface area contributed by atoms with Gasteiger partial charge in [0.05, 0.1) is 18.2 Å². The minimum absolute atomic E-state index is 0.0672. The van der Waals surface area contributed by atoms with Gasteiger partial charge < -0.3 is 19.8 Å². The van der Waals surface area contributed by atoms with Crippen molar-refractivity contribution in [2.24, 2.45) is 0 Å². The Morgan fingerprint density at radius 3 is 2.79 bits per heavy atom. The number of aliphatic hydroxyl groups excluding tert-OH is 1. The summed E-state index contributed by atoms with van der Waals surface area (Å²) in [6.45, 7) is 4.79. The van der Waals surface area contributed by atoms with Crippen LogP contribution in [0, 0.1) is 0 Å². The number of β-amino-alcohol motifs (C(OH)–C–C–N with tert-alkyl or cyclic N) is 1. The molecule has 0 aromatic heterocycles. The minimum atomic E-state index is -0.639. The van der Waals surface area contributed by atoms with Crippen molar-refractivity contribution in [3.8, 4) is 11.5 Å². The van der Waals surface area contributed by atoms with Crippen molar-refractivity contribution in [2.45, 2.75) is 32.1 Å². The zero-order valence-corrected chi connectivity index (χ0v) is 16.0. The molecule has 148 valence electrons. The van der Waals surface area contributed by atoms with Crippen molar-refractivity contribution < 1.29 is 19.7 Å². The van der Waals surface area contributed by atoms with Crippen LogP contribution < -0.4 is 4.74 Å². The van der Waals surface area contributed by atoms with Crippen molar-refractivity contribution in [3.05, 3.63) is 59.2 Å². The van der Waals surface area contributed by atoms with Gasteiger partial charge in [0.15, 0.2) is 0 Å². The van der Waals surface area contributed by atoms with Crippen LogP contribution in [0.3, 0.4) is 0 Å². The van der Waals surface area contributed by atoms with E-state index in [-0.39, 0.29) is 24.3 Å². The monoisotopic (exact) mass is 382 g/mol. The van der Waals surface area contributed by atoms with E-state index in [1.165, 1.54) is 23.3 Å². The fourth-order valence-corrected chi connectivity index (χ4v) is 4.08. The lowest BCUT2D eigenvalue weighted by atomic mass is 10.00. The molecule has 0 spiro atoms. The second-order valence-corrected chi connectivity index (χ2v) is 7.73. The lowest BCUT2D eigenvalue weighted by Gasteiger charge is -2.32. The molecule has 2 atom stereocenters. The number of aromatic hydroxyl groups is 1. The number of rotatable bonds is 4. The third-order valence-corrected chi connectivity index (χ3v) is 5.40. The fraction of sp³-hybridized carbons (Fsp3) is 0.409. The van der Waals surface area contributed by atoms with Crippen molar-refractivity contribution in [1.82, 2.24) is 9.80 Å². The van der Waals surface area contributed by atoms with Crippen LogP contribution in [0.15, 0.2) is 42.5 Å². The number of aliphatic hydroxyl groups is 1. The summed E-state index contributed by atoms with van der Waals surface area (Å²) in [6.07, 6.45) is 0.119. The smallest absolute Gasteiger partial charge is 0.257 e. The molecule has 4 rings (SSSR count). The highest BCUT2D eigenvalue weighted by Gasteiger charge is 2.29. The number of phenolic OH excluding ortho intramolecular Hbond substituents is 1. The summed E-state index contributed by atoms with van der Waals surface area (Å²) >= 11 is 0. The highest BCUT2D eigenvalue weighted by Crippen LogP contribution is 2.29. The Bertz CT molecular complexity index is 869. The second kappa shape index (κ2) is 7.81. The summed E-state index contributed by atoms with van der Waals surface area (Å²) < 4.78 is 5.79. The highest BCUT2D eigenvalue weighted by atomic mass is 16.5. The molecule has 6 nitrogen and oxygen atoms in total. The highest BCUT2D eigenvalue weighted by molar-refractivity contribution is 5.97. The number of fused-ring (bicyclic) bond motifs is 2. The molecule has 6 heteroatoms. The van der Waals surface area contributed by atoms with E-state index in [1.807, 2.05) is 13.0 Å².